The van der Waals surface area contributed by atoms with E-state index in [1.807, 2.05) is 36.9 Å². The molecule has 8 nitrogen and oxygen atoms in total. The van der Waals surface area contributed by atoms with Crippen molar-refractivity contribution in [2.24, 2.45) is 0 Å². The minimum atomic E-state index is -0.346. The lowest BCUT2D eigenvalue weighted by Crippen LogP contribution is -2.46. The number of rotatable bonds is 6. The largest absolute Gasteiger partial charge is 0.379 e. The van der Waals surface area contributed by atoms with Crippen LogP contribution in [-0.2, 0) is 10.3 Å². The molecule has 0 radical (unpaired) electrons. The molecule has 5 heterocycles. The van der Waals surface area contributed by atoms with Crippen LogP contribution in [0.5, 0.6) is 0 Å². The topological polar surface area (TPSA) is 83.5 Å². The van der Waals surface area contributed by atoms with Crippen LogP contribution < -0.4 is 5.32 Å². The molecule has 2 aliphatic rings. The zero-order chi connectivity index (χ0) is 23.9. The van der Waals surface area contributed by atoms with E-state index in [4.69, 9.17) is 9.72 Å². The summed E-state index contributed by atoms with van der Waals surface area (Å²) in [6.07, 6.45) is 3.53. The Kier molecular flexibility index (Phi) is 6.09. The number of hydrogen-bond acceptors (Lipinski definition) is 8. The molecule has 0 spiro atoms. The van der Waals surface area contributed by atoms with Crippen molar-refractivity contribution in [3.63, 3.8) is 0 Å². The number of anilines is 2. The van der Waals surface area contributed by atoms with Gasteiger partial charge in [-0.05, 0) is 51.5 Å². The molecule has 3 aromatic rings. The molecule has 3 aromatic heterocycles. The molecule has 0 aliphatic carbocycles. The molecule has 178 valence electrons. The van der Waals surface area contributed by atoms with Gasteiger partial charge in [-0.3, -0.25) is 14.7 Å². The fourth-order valence-electron chi connectivity index (χ4n) is 4.55. The molecule has 0 unspecified atom stereocenters. The van der Waals surface area contributed by atoms with Crippen LogP contribution in [0.1, 0.15) is 40.3 Å². The second kappa shape index (κ2) is 9.05. The summed E-state index contributed by atoms with van der Waals surface area (Å²) in [6, 6.07) is 5.81. The van der Waals surface area contributed by atoms with E-state index >= 15 is 0 Å². The van der Waals surface area contributed by atoms with Gasteiger partial charge in [0.25, 0.3) is 5.91 Å². The van der Waals surface area contributed by atoms with Crippen molar-refractivity contribution in [1.82, 2.24) is 24.8 Å². The number of nitrogens with zero attached hydrogens (tertiary/aromatic N) is 5. The number of thiophene rings is 1. The lowest BCUT2D eigenvalue weighted by molar-refractivity contribution is 0.0263. The van der Waals surface area contributed by atoms with E-state index in [9.17, 15) is 4.79 Å². The fraction of sp³-hybridized carbons (Fsp3) is 0.440. The summed E-state index contributed by atoms with van der Waals surface area (Å²) in [5.41, 5.74) is 4.22. The monoisotopic (exact) mass is 478 g/mol. The normalized spacial score (nSPS) is 17.8. The smallest absolute Gasteiger partial charge is 0.255 e. The molecular weight excluding hydrogens is 448 g/mol. The molecule has 0 saturated carbocycles. The summed E-state index contributed by atoms with van der Waals surface area (Å²) in [7, 11) is 0. The first kappa shape index (κ1) is 22.9. The van der Waals surface area contributed by atoms with Gasteiger partial charge in [0.1, 0.15) is 0 Å². The van der Waals surface area contributed by atoms with E-state index in [0.717, 1.165) is 77.3 Å². The second-order valence-electron chi connectivity index (χ2n) is 9.28. The maximum absolute atomic E-state index is 13.3. The number of ether oxygens (including phenoxy) is 1. The maximum Gasteiger partial charge on any atom is 0.255 e. The van der Waals surface area contributed by atoms with Crippen LogP contribution in [0.2, 0.25) is 0 Å². The third kappa shape index (κ3) is 4.19. The Hall–Kier alpha value is -2.88. The van der Waals surface area contributed by atoms with Crippen molar-refractivity contribution in [3.8, 4) is 10.6 Å². The second-order valence-corrected chi connectivity index (χ2v) is 10.3. The van der Waals surface area contributed by atoms with E-state index in [2.05, 4.69) is 34.0 Å². The van der Waals surface area contributed by atoms with Gasteiger partial charge in [0, 0.05) is 54.8 Å². The van der Waals surface area contributed by atoms with Gasteiger partial charge in [0.15, 0.2) is 0 Å². The van der Waals surface area contributed by atoms with E-state index in [1.54, 1.807) is 23.7 Å². The molecule has 0 bridgehead atoms. The van der Waals surface area contributed by atoms with Crippen LogP contribution in [0.25, 0.3) is 10.6 Å². The fourth-order valence-corrected chi connectivity index (χ4v) is 5.78. The predicted molar refractivity (Wildman–Crippen MR) is 134 cm³/mol. The first-order valence-corrected chi connectivity index (χ1v) is 12.5. The highest BCUT2D eigenvalue weighted by molar-refractivity contribution is 7.16. The number of aromatic nitrogens is 3. The molecule has 1 N–H and O–H groups in total. The van der Waals surface area contributed by atoms with Crippen molar-refractivity contribution in [3.05, 3.63) is 52.3 Å². The summed E-state index contributed by atoms with van der Waals surface area (Å²) >= 11 is 1.65. The molecule has 1 fully saturated rings. The highest BCUT2D eigenvalue weighted by Crippen LogP contribution is 2.45. The number of carbonyl (C=O) groups is 1. The van der Waals surface area contributed by atoms with E-state index in [0.29, 0.717) is 5.95 Å². The number of amides is 1. The van der Waals surface area contributed by atoms with Crippen LogP contribution in [0.4, 0.5) is 11.6 Å². The maximum atomic E-state index is 13.3. The number of fused-ring (bicyclic) bond motifs is 1. The molecule has 0 aromatic carbocycles. The number of morpholine rings is 1. The van der Waals surface area contributed by atoms with Gasteiger partial charge in [-0.25, -0.2) is 9.97 Å². The van der Waals surface area contributed by atoms with Crippen LogP contribution in [0, 0.1) is 13.8 Å². The van der Waals surface area contributed by atoms with Crippen LogP contribution in [-0.4, -0.2) is 70.1 Å². The van der Waals surface area contributed by atoms with Gasteiger partial charge in [0.2, 0.25) is 5.95 Å². The van der Waals surface area contributed by atoms with Crippen molar-refractivity contribution < 1.29 is 9.53 Å². The zero-order valence-corrected chi connectivity index (χ0v) is 20.9. The Morgan fingerprint density at radius 2 is 1.88 bits per heavy atom. The van der Waals surface area contributed by atoms with Crippen molar-refractivity contribution in [2.45, 2.75) is 33.2 Å². The molecular formula is C25H30N6O2S. The van der Waals surface area contributed by atoms with Crippen LogP contribution in [0.15, 0.2) is 30.6 Å². The SMILES string of the molecule is Cc1nccc(Nc2nccc(-c3cc4c(s3)C(C)(C)N(CCN3CCOCC3)C4=O)n2)c1C. The molecule has 0 atom stereocenters. The van der Waals surface area contributed by atoms with Gasteiger partial charge in [-0.2, -0.15) is 0 Å². The van der Waals surface area contributed by atoms with E-state index in [1.165, 1.54) is 0 Å². The molecule has 2 aliphatic heterocycles. The number of hydrogen-bond donors (Lipinski definition) is 1. The average Bonchev–Trinajstić information content (AvgIpc) is 3.35. The standard InChI is InChI=1S/C25H30N6O2S/c1-16-17(2)26-7-5-19(16)28-24-27-8-6-20(29-24)21-15-18-22(34-21)25(3,4)31(23(18)32)10-9-30-11-13-33-14-12-30/h5-8,15H,9-14H2,1-4H3,(H,26,27,28,29). The first-order valence-electron chi connectivity index (χ1n) is 11.6. The molecule has 9 heteroatoms. The van der Waals surface area contributed by atoms with Gasteiger partial charge in [-0.1, -0.05) is 0 Å². The predicted octanol–water partition coefficient (Wildman–Crippen LogP) is 3.98. The highest BCUT2D eigenvalue weighted by atomic mass is 32.1. The Morgan fingerprint density at radius 1 is 1.12 bits per heavy atom. The van der Waals surface area contributed by atoms with Crippen molar-refractivity contribution in [1.29, 1.82) is 0 Å². The van der Waals surface area contributed by atoms with E-state index < -0.39 is 0 Å². The molecule has 5 rings (SSSR count). The summed E-state index contributed by atoms with van der Waals surface area (Å²) in [5, 5.41) is 3.31. The number of nitrogens with one attached hydrogen (secondary N) is 1. The lowest BCUT2D eigenvalue weighted by Gasteiger charge is -2.35. The summed E-state index contributed by atoms with van der Waals surface area (Å²) < 4.78 is 5.44. The molecule has 1 saturated heterocycles. The summed E-state index contributed by atoms with van der Waals surface area (Å²) in [6.45, 7) is 13.3. The summed E-state index contributed by atoms with van der Waals surface area (Å²) in [4.78, 5) is 33.2. The number of pyridine rings is 1. The molecule has 1 amide bonds. The number of carbonyl (C=O) groups excluding carboxylic acids is 1. The average molecular weight is 479 g/mol. The van der Waals surface area contributed by atoms with Gasteiger partial charge >= 0.3 is 0 Å². The zero-order valence-electron chi connectivity index (χ0n) is 20.1. The van der Waals surface area contributed by atoms with E-state index in [-0.39, 0.29) is 11.4 Å². The summed E-state index contributed by atoms with van der Waals surface area (Å²) in [5.74, 6) is 0.628. The Bertz CT molecular complexity index is 1220. The van der Waals surface area contributed by atoms with Gasteiger partial charge < -0.3 is 15.0 Å². The minimum Gasteiger partial charge on any atom is -0.379 e. The lowest BCUT2D eigenvalue weighted by atomic mass is 10.0. The van der Waals surface area contributed by atoms with Crippen LogP contribution >= 0.6 is 11.3 Å². The van der Waals surface area contributed by atoms with Gasteiger partial charge in [0.05, 0.1) is 34.9 Å². The Labute approximate surface area is 204 Å². The van der Waals surface area contributed by atoms with Crippen molar-refractivity contribution >= 4 is 28.9 Å². The number of aryl methyl sites for hydroxylation is 1. The Balaban J connectivity index is 1.35. The minimum absolute atomic E-state index is 0.103. The first-order chi connectivity index (χ1) is 16.3. The van der Waals surface area contributed by atoms with Crippen molar-refractivity contribution in [2.75, 3.05) is 44.7 Å². The molecule has 34 heavy (non-hydrogen) atoms. The Morgan fingerprint density at radius 3 is 2.65 bits per heavy atom. The third-order valence-corrected chi connectivity index (χ3v) is 8.26. The van der Waals surface area contributed by atoms with Gasteiger partial charge in [-0.15, -0.1) is 11.3 Å². The van der Waals surface area contributed by atoms with Crippen LogP contribution in [0.3, 0.4) is 0 Å². The third-order valence-electron chi connectivity index (χ3n) is 6.79. The highest BCUT2D eigenvalue weighted by Gasteiger charge is 2.44. The quantitative estimate of drug-likeness (QED) is 0.574.